The average molecular weight is 247 g/mol. The number of methoxy groups -OCH3 is 1. The maximum absolute atomic E-state index is 10.9. The number of hydrogen-bond donors (Lipinski definition) is 3. The van der Waals surface area contributed by atoms with Crippen LogP contribution in [-0.2, 0) is 6.42 Å². The highest BCUT2D eigenvalue weighted by Gasteiger charge is 2.06. The molecule has 4 N–H and O–H groups in total. The number of H-pyrrole nitrogens is 1. The first-order chi connectivity index (χ1) is 8.60. The number of rotatable bonds is 3. The SMILES string of the molecule is COc1cc(Cc2cnc(=O)[nH]c2N)ccc1O. The number of phenolic OH excluding ortho intramolecular Hbond substituents is 1. The first kappa shape index (κ1) is 12.0. The molecule has 2 aromatic rings. The number of hydrogen-bond acceptors (Lipinski definition) is 5. The van der Waals surface area contributed by atoms with Crippen LogP contribution in [-0.4, -0.2) is 22.2 Å². The summed E-state index contributed by atoms with van der Waals surface area (Å²) < 4.78 is 5.02. The van der Waals surface area contributed by atoms with Crippen molar-refractivity contribution in [1.82, 2.24) is 9.97 Å². The van der Waals surface area contributed by atoms with Crippen LogP contribution >= 0.6 is 0 Å². The van der Waals surface area contributed by atoms with E-state index in [0.29, 0.717) is 23.6 Å². The van der Waals surface area contributed by atoms with Crippen LogP contribution in [0.5, 0.6) is 11.5 Å². The number of nitrogens with one attached hydrogen (secondary N) is 1. The number of nitrogens with zero attached hydrogens (tertiary/aromatic N) is 1. The fourth-order valence-corrected chi connectivity index (χ4v) is 1.63. The highest BCUT2D eigenvalue weighted by molar-refractivity contribution is 5.45. The lowest BCUT2D eigenvalue weighted by atomic mass is 10.1. The van der Waals surface area contributed by atoms with E-state index in [1.165, 1.54) is 13.3 Å². The average Bonchev–Trinajstić information content (AvgIpc) is 2.35. The summed E-state index contributed by atoms with van der Waals surface area (Å²) in [6, 6.07) is 5.01. The fourth-order valence-electron chi connectivity index (χ4n) is 1.63. The van der Waals surface area contributed by atoms with Crippen LogP contribution in [0.2, 0.25) is 0 Å². The van der Waals surface area contributed by atoms with Crippen molar-refractivity contribution in [3.05, 3.63) is 46.0 Å². The van der Waals surface area contributed by atoms with Crippen molar-refractivity contribution in [2.24, 2.45) is 0 Å². The molecule has 0 aliphatic heterocycles. The Balaban J connectivity index is 2.31. The minimum Gasteiger partial charge on any atom is -0.504 e. The zero-order chi connectivity index (χ0) is 13.1. The molecule has 1 aromatic carbocycles. The maximum Gasteiger partial charge on any atom is 0.346 e. The van der Waals surface area contributed by atoms with Gasteiger partial charge in [-0.3, -0.25) is 4.98 Å². The van der Waals surface area contributed by atoms with Gasteiger partial charge in [0, 0.05) is 18.2 Å². The van der Waals surface area contributed by atoms with Crippen LogP contribution in [0.1, 0.15) is 11.1 Å². The number of anilines is 1. The summed E-state index contributed by atoms with van der Waals surface area (Å²) in [4.78, 5) is 17.0. The van der Waals surface area contributed by atoms with Crippen molar-refractivity contribution in [1.29, 1.82) is 0 Å². The molecule has 2 rings (SSSR count). The van der Waals surface area contributed by atoms with Gasteiger partial charge in [-0.2, -0.15) is 0 Å². The van der Waals surface area contributed by atoms with Gasteiger partial charge in [0.25, 0.3) is 0 Å². The van der Waals surface area contributed by atoms with Gasteiger partial charge in [0.2, 0.25) is 0 Å². The van der Waals surface area contributed by atoms with E-state index in [-0.39, 0.29) is 5.75 Å². The van der Waals surface area contributed by atoms with Crippen LogP contribution in [0.25, 0.3) is 0 Å². The standard InChI is InChI=1S/C12H13N3O3/c1-18-10-5-7(2-3-9(10)16)4-8-6-14-12(17)15-11(8)13/h2-3,5-6,16H,4H2,1H3,(H3,13,14,15,17). The molecule has 0 aliphatic carbocycles. The lowest BCUT2D eigenvalue weighted by Crippen LogP contribution is -2.14. The first-order valence-electron chi connectivity index (χ1n) is 5.29. The summed E-state index contributed by atoms with van der Waals surface area (Å²) in [5, 5.41) is 9.48. The minimum atomic E-state index is -0.473. The van der Waals surface area contributed by atoms with Crippen molar-refractivity contribution in [3.8, 4) is 11.5 Å². The molecule has 1 heterocycles. The number of aromatic nitrogens is 2. The summed E-state index contributed by atoms with van der Waals surface area (Å²) >= 11 is 0. The van der Waals surface area contributed by atoms with E-state index in [2.05, 4.69) is 9.97 Å². The molecule has 0 radical (unpaired) electrons. The first-order valence-corrected chi connectivity index (χ1v) is 5.29. The monoisotopic (exact) mass is 247 g/mol. The molecule has 0 spiro atoms. The van der Waals surface area contributed by atoms with E-state index < -0.39 is 5.69 Å². The molecule has 0 aliphatic rings. The summed E-state index contributed by atoms with van der Waals surface area (Å²) in [5.74, 6) is 0.763. The smallest absolute Gasteiger partial charge is 0.346 e. The Kier molecular flexibility index (Phi) is 3.18. The highest BCUT2D eigenvalue weighted by atomic mass is 16.5. The topological polar surface area (TPSA) is 101 Å². The quantitative estimate of drug-likeness (QED) is 0.739. The van der Waals surface area contributed by atoms with Crippen molar-refractivity contribution in [2.45, 2.75) is 6.42 Å². The van der Waals surface area contributed by atoms with Gasteiger partial charge in [0.05, 0.1) is 7.11 Å². The van der Waals surface area contributed by atoms with E-state index in [1.807, 2.05) is 0 Å². The Morgan fingerprint density at radius 1 is 1.50 bits per heavy atom. The van der Waals surface area contributed by atoms with Crippen molar-refractivity contribution in [3.63, 3.8) is 0 Å². The molecular formula is C12H13N3O3. The summed E-state index contributed by atoms with van der Waals surface area (Å²) in [7, 11) is 1.48. The van der Waals surface area contributed by atoms with Gasteiger partial charge >= 0.3 is 5.69 Å². The van der Waals surface area contributed by atoms with Crippen LogP contribution in [0.15, 0.2) is 29.2 Å². The summed E-state index contributed by atoms with van der Waals surface area (Å²) in [6.45, 7) is 0. The van der Waals surface area contributed by atoms with Gasteiger partial charge in [-0.15, -0.1) is 0 Å². The summed E-state index contributed by atoms with van der Waals surface area (Å²) in [6.07, 6.45) is 1.93. The lowest BCUT2D eigenvalue weighted by molar-refractivity contribution is 0.373. The number of phenols is 1. The predicted octanol–water partition coefficient (Wildman–Crippen LogP) is 0.657. The Bertz CT molecular complexity index is 622. The maximum atomic E-state index is 10.9. The zero-order valence-electron chi connectivity index (χ0n) is 9.80. The van der Waals surface area contributed by atoms with Crippen LogP contribution in [0.4, 0.5) is 5.82 Å². The van der Waals surface area contributed by atoms with E-state index in [4.69, 9.17) is 10.5 Å². The highest BCUT2D eigenvalue weighted by Crippen LogP contribution is 2.27. The molecule has 0 amide bonds. The van der Waals surface area contributed by atoms with E-state index >= 15 is 0 Å². The largest absolute Gasteiger partial charge is 0.504 e. The molecule has 0 saturated carbocycles. The number of benzene rings is 1. The minimum absolute atomic E-state index is 0.0776. The fraction of sp³-hybridized carbons (Fsp3) is 0.167. The molecule has 6 heteroatoms. The second-order valence-corrected chi connectivity index (χ2v) is 3.81. The van der Waals surface area contributed by atoms with Crippen LogP contribution < -0.4 is 16.2 Å². The second-order valence-electron chi connectivity index (χ2n) is 3.81. The van der Waals surface area contributed by atoms with E-state index in [0.717, 1.165) is 5.56 Å². The van der Waals surface area contributed by atoms with Crippen LogP contribution in [0.3, 0.4) is 0 Å². The molecular weight excluding hydrogens is 234 g/mol. The number of nitrogens with two attached hydrogens (primary N) is 1. The molecule has 18 heavy (non-hydrogen) atoms. The summed E-state index contributed by atoms with van der Waals surface area (Å²) in [5.41, 5.74) is 6.83. The predicted molar refractivity (Wildman–Crippen MR) is 66.7 cm³/mol. The van der Waals surface area contributed by atoms with E-state index in [1.54, 1.807) is 18.2 Å². The molecule has 0 fully saturated rings. The molecule has 0 saturated heterocycles. The van der Waals surface area contributed by atoms with Gasteiger partial charge in [0.1, 0.15) is 5.82 Å². The Morgan fingerprint density at radius 2 is 2.28 bits per heavy atom. The van der Waals surface area contributed by atoms with Crippen LogP contribution in [0, 0.1) is 0 Å². The molecule has 0 unspecified atom stereocenters. The molecule has 1 aromatic heterocycles. The van der Waals surface area contributed by atoms with E-state index in [9.17, 15) is 9.90 Å². The Morgan fingerprint density at radius 3 is 2.94 bits per heavy atom. The van der Waals surface area contributed by atoms with Gasteiger partial charge < -0.3 is 15.6 Å². The normalized spacial score (nSPS) is 10.3. The second kappa shape index (κ2) is 4.79. The number of ether oxygens (including phenoxy) is 1. The third kappa shape index (κ3) is 2.42. The molecule has 94 valence electrons. The number of aromatic hydroxyl groups is 1. The molecule has 0 bridgehead atoms. The van der Waals surface area contributed by atoms with Gasteiger partial charge in [-0.1, -0.05) is 6.07 Å². The van der Waals surface area contributed by atoms with Gasteiger partial charge in [0.15, 0.2) is 11.5 Å². The molecule has 0 atom stereocenters. The lowest BCUT2D eigenvalue weighted by Gasteiger charge is -2.07. The zero-order valence-corrected chi connectivity index (χ0v) is 9.80. The van der Waals surface area contributed by atoms with Crippen molar-refractivity contribution >= 4 is 5.82 Å². The van der Waals surface area contributed by atoms with Crippen molar-refractivity contribution in [2.75, 3.05) is 12.8 Å². The Labute approximate surface area is 103 Å². The van der Waals surface area contributed by atoms with Crippen molar-refractivity contribution < 1.29 is 9.84 Å². The van der Waals surface area contributed by atoms with Gasteiger partial charge in [-0.25, -0.2) is 9.78 Å². The van der Waals surface area contributed by atoms with Gasteiger partial charge in [-0.05, 0) is 17.7 Å². The third-order valence-electron chi connectivity index (χ3n) is 2.56. The molecule has 6 nitrogen and oxygen atoms in total. The Hall–Kier alpha value is -2.50. The number of aromatic amines is 1. The number of nitrogen functional groups attached to an aromatic ring is 1. The third-order valence-corrected chi connectivity index (χ3v) is 2.56.